The van der Waals surface area contributed by atoms with Gasteiger partial charge < -0.3 is 15.4 Å². The molecule has 2 N–H and O–H groups in total. The van der Waals surface area contributed by atoms with Crippen molar-refractivity contribution in [3.05, 3.63) is 83.9 Å². The van der Waals surface area contributed by atoms with E-state index in [2.05, 4.69) is 15.6 Å². The number of carbonyl (C=O) groups excluding carboxylic acids is 1. The fourth-order valence-corrected chi connectivity index (χ4v) is 2.34. The molecule has 0 radical (unpaired) electrons. The number of nitrogens with one attached hydrogen (secondary N) is 2. The number of nitrogens with zero attached hydrogens (tertiary/aromatic N) is 1. The summed E-state index contributed by atoms with van der Waals surface area (Å²) >= 11 is 0. The number of aromatic nitrogens is 1. The van der Waals surface area contributed by atoms with E-state index in [-0.39, 0.29) is 11.7 Å². The van der Waals surface area contributed by atoms with Crippen molar-refractivity contribution >= 4 is 17.3 Å². The molecule has 0 aliphatic rings. The molecule has 3 rings (SSSR count). The van der Waals surface area contributed by atoms with Crippen molar-refractivity contribution in [3.63, 3.8) is 0 Å². The molecule has 3 aromatic rings. The summed E-state index contributed by atoms with van der Waals surface area (Å²) in [6.07, 6.45) is 3.13. The van der Waals surface area contributed by atoms with E-state index in [1.54, 1.807) is 19.4 Å². The van der Waals surface area contributed by atoms with Gasteiger partial charge in [-0.1, -0.05) is 12.1 Å². The molecule has 132 valence electrons. The maximum absolute atomic E-state index is 12.9. The van der Waals surface area contributed by atoms with Crippen LogP contribution in [0.5, 0.6) is 5.75 Å². The number of ether oxygens (including phenoxy) is 1. The number of carbonyl (C=O) groups is 1. The fraction of sp³-hybridized carbons (Fsp3) is 0.100. The van der Waals surface area contributed by atoms with Crippen LogP contribution in [0.3, 0.4) is 0 Å². The van der Waals surface area contributed by atoms with E-state index >= 15 is 0 Å². The van der Waals surface area contributed by atoms with Gasteiger partial charge in [0.1, 0.15) is 11.6 Å². The van der Waals surface area contributed by atoms with Gasteiger partial charge in [0, 0.05) is 24.6 Å². The molecule has 0 saturated heterocycles. The normalized spacial score (nSPS) is 10.2. The Morgan fingerprint density at radius 2 is 1.77 bits per heavy atom. The Bertz CT molecular complexity index is 880. The largest absolute Gasteiger partial charge is 0.497 e. The Balaban J connectivity index is 1.63. The van der Waals surface area contributed by atoms with Gasteiger partial charge in [-0.15, -0.1) is 0 Å². The molecule has 0 bridgehead atoms. The topological polar surface area (TPSA) is 63.2 Å². The van der Waals surface area contributed by atoms with Gasteiger partial charge in [-0.25, -0.2) is 4.39 Å². The number of halogens is 1. The third kappa shape index (κ3) is 4.57. The Hall–Kier alpha value is -3.41. The van der Waals surface area contributed by atoms with Crippen LogP contribution in [0.2, 0.25) is 0 Å². The summed E-state index contributed by atoms with van der Waals surface area (Å²) in [7, 11) is 1.63. The maximum Gasteiger partial charge on any atom is 0.257 e. The molecule has 1 amide bonds. The quantitative estimate of drug-likeness (QED) is 0.702. The summed E-state index contributed by atoms with van der Waals surface area (Å²) in [5.74, 6) is 0.140. The number of benzene rings is 2. The second-order valence-electron chi connectivity index (χ2n) is 5.62. The first-order chi connectivity index (χ1) is 12.6. The number of amides is 1. The predicted octanol–water partition coefficient (Wildman–Crippen LogP) is 4.09. The van der Waals surface area contributed by atoms with Crippen LogP contribution >= 0.6 is 0 Å². The lowest BCUT2D eigenvalue weighted by Gasteiger charge is -2.09. The molecule has 0 atom stereocenters. The first-order valence-corrected chi connectivity index (χ1v) is 8.03. The van der Waals surface area contributed by atoms with Crippen molar-refractivity contribution in [2.45, 2.75) is 6.54 Å². The zero-order valence-corrected chi connectivity index (χ0v) is 14.2. The lowest BCUT2D eigenvalue weighted by molar-refractivity contribution is 0.102. The summed E-state index contributed by atoms with van der Waals surface area (Å²) in [6, 6.07) is 15.0. The number of pyridine rings is 1. The minimum absolute atomic E-state index is 0.308. The summed E-state index contributed by atoms with van der Waals surface area (Å²) in [4.78, 5) is 16.4. The van der Waals surface area contributed by atoms with Gasteiger partial charge in [-0.05, 0) is 48.0 Å². The Morgan fingerprint density at radius 3 is 2.46 bits per heavy atom. The van der Waals surface area contributed by atoms with E-state index in [0.29, 0.717) is 17.8 Å². The average Bonchev–Trinajstić information content (AvgIpc) is 2.69. The highest BCUT2D eigenvalue weighted by molar-refractivity contribution is 6.04. The Labute approximate surface area is 150 Å². The molecular weight excluding hydrogens is 333 g/mol. The molecule has 0 fully saturated rings. The van der Waals surface area contributed by atoms with Gasteiger partial charge in [0.05, 0.1) is 18.4 Å². The standard InChI is InChI=1S/C20H18FN3O2/c1-26-19-8-2-14(3-9-19)11-23-18-10-15(12-22-13-18)20(25)24-17-6-4-16(21)5-7-17/h2-10,12-13,23H,11H2,1H3,(H,24,25). The molecule has 1 aromatic heterocycles. The summed E-state index contributed by atoms with van der Waals surface area (Å²) in [5.41, 5.74) is 2.74. The summed E-state index contributed by atoms with van der Waals surface area (Å²) in [6.45, 7) is 0.592. The van der Waals surface area contributed by atoms with Crippen molar-refractivity contribution in [1.82, 2.24) is 4.98 Å². The number of methoxy groups -OCH3 is 1. The molecular formula is C20H18FN3O2. The van der Waals surface area contributed by atoms with Crippen molar-refractivity contribution in [1.29, 1.82) is 0 Å². The second-order valence-corrected chi connectivity index (χ2v) is 5.62. The van der Waals surface area contributed by atoms with Crippen LogP contribution in [0.4, 0.5) is 15.8 Å². The molecule has 26 heavy (non-hydrogen) atoms. The number of hydrogen-bond acceptors (Lipinski definition) is 4. The smallest absolute Gasteiger partial charge is 0.257 e. The highest BCUT2D eigenvalue weighted by Crippen LogP contribution is 2.15. The SMILES string of the molecule is COc1ccc(CNc2cncc(C(=O)Nc3ccc(F)cc3)c2)cc1. The van der Waals surface area contributed by atoms with Crippen LogP contribution < -0.4 is 15.4 Å². The van der Waals surface area contributed by atoms with Crippen molar-refractivity contribution in [3.8, 4) is 5.75 Å². The highest BCUT2D eigenvalue weighted by Gasteiger charge is 2.08. The first-order valence-electron chi connectivity index (χ1n) is 8.03. The molecule has 0 saturated carbocycles. The molecule has 5 nitrogen and oxygen atoms in total. The zero-order valence-electron chi connectivity index (χ0n) is 14.2. The molecule has 2 aromatic carbocycles. The van der Waals surface area contributed by atoms with E-state index in [1.807, 2.05) is 24.3 Å². The number of rotatable bonds is 6. The monoisotopic (exact) mass is 351 g/mol. The van der Waals surface area contributed by atoms with Gasteiger partial charge in [0.25, 0.3) is 5.91 Å². The molecule has 0 spiro atoms. The van der Waals surface area contributed by atoms with E-state index in [1.165, 1.54) is 30.5 Å². The molecule has 0 unspecified atom stereocenters. The zero-order chi connectivity index (χ0) is 18.4. The van der Waals surface area contributed by atoms with Crippen LogP contribution in [0.1, 0.15) is 15.9 Å². The Kier molecular flexibility index (Phi) is 5.43. The van der Waals surface area contributed by atoms with Gasteiger partial charge in [-0.2, -0.15) is 0 Å². The summed E-state index contributed by atoms with van der Waals surface area (Å²) in [5, 5.41) is 5.94. The predicted molar refractivity (Wildman–Crippen MR) is 98.9 cm³/mol. The van der Waals surface area contributed by atoms with Crippen molar-refractivity contribution < 1.29 is 13.9 Å². The van der Waals surface area contributed by atoms with Gasteiger partial charge in [0.2, 0.25) is 0 Å². The second kappa shape index (κ2) is 8.11. The molecule has 6 heteroatoms. The molecule has 0 aliphatic heterocycles. The van der Waals surface area contributed by atoms with E-state index in [4.69, 9.17) is 4.74 Å². The average molecular weight is 351 g/mol. The van der Waals surface area contributed by atoms with Crippen LogP contribution in [0.25, 0.3) is 0 Å². The highest BCUT2D eigenvalue weighted by atomic mass is 19.1. The van der Waals surface area contributed by atoms with Crippen molar-refractivity contribution in [2.24, 2.45) is 0 Å². The molecule has 0 aliphatic carbocycles. The lowest BCUT2D eigenvalue weighted by Crippen LogP contribution is -2.12. The van der Waals surface area contributed by atoms with Crippen molar-refractivity contribution in [2.75, 3.05) is 17.7 Å². The van der Waals surface area contributed by atoms with Crippen LogP contribution in [0, 0.1) is 5.82 Å². The Morgan fingerprint density at radius 1 is 1.04 bits per heavy atom. The van der Waals surface area contributed by atoms with Crippen LogP contribution in [0.15, 0.2) is 67.0 Å². The van der Waals surface area contributed by atoms with Gasteiger partial charge in [0.15, 0.2) is 0 Å². The first kappa shape index (κ1) is 17.4. The van der Waals surface area contributed by atoms with E-state index in [0.717, 1.165) is 17.0 Å². The third-order valence-corrected chi connectivity index (χ3v) is 3.76. The molecule has 1 heterocycles. The lowest BCUT2D eigenvalue weighted by atomic mass is 10.2. The fourth-order valence-electron chi connectivity index (χ4n) is 2.34. The minimum atomic E-state index is -0.352. The minimum Gasteiger partial charge on any atom is -0.497 e. The van der Waals surface area contributed by atoms with E-state index < -0.39 is 0 Å². The maximum atomic E-state index is 12.9. The number of anilines is 2. The van der Waals surface area contributed by atoms with Crippen LogP contribution in [-0.2, 0) is 6.54 Å². The van der Waals surface area contributed by atoms with Crippen LogP contribution in [-0.4, -0.2) is 18.0 Å². The summed E-state index contributed by atoms with van der Waals surface area (Å²) < 4.78 is 18.1. The third-order valence-electron chi connectivity index (χ3n) is 3.76. The van der Waals surface area contributed by atoms with E-state index in [9.17, 15) is 9.18 Å². The van der Waals surface area contributed by atoms with Gasteiger partial charge in [-0.3, -0.25) is 9.78 Å². The number of hydrogen-bond donors (Lipinski definition) is 2. The van der Waals surface area contributed by atoms with Gasteiger partial charge >= 0.3 is 0 Å².